The van der Waals surface area contributed by atoms with Crippen LogP contribution in [-0.4, -0.2) is 20.3 Å². The van der Waals surface area contributed by atoms with Crippen molar-refractivity contribution in [3.63, 3.8) is 0 Å². The molecule has 0 aliphatic heterocycles. The van der Waals surface area contributed by atoms with Crippen LogP contribution < -0.4 is 11.0 Å². The Labute approximate surface area is 158 Å². The molecule has 1 amide bonds. The lowest BCUT2D eigenvalue weighted by Crippen LogP contribution is -2.34. The molecule has 0 fully saturated rings. The summed E-state index contributed by atoms with van der Waals surface area (Å²) in [6.45, 7) is 1.41. The van der Waals surface area contributed by atoms with Gasteiger partial charge in [0.1, 0.15) is 24.5 Å². The zero-order chi connectivity index (χ0) is 19.6. The molecule has 3 rings (SSSR count). The first-order valence-electron chi connectivity index (χ1n) is 8.00. The molecule has 9 heteroatoms. The maximum Gasteiger partial charge on any atom is 0.350 e. The van der Waals surface area contributed by atoms with Gasteiger partial charge in [-0.1, -0.05) is 17.7 Å². The van der Waals surface area contributed by atoms with Gasteiger partial charge in [-0.05, 0) is 48.9 Å². The molecule has 0 saturated heterocycles. The average molecular weight is 393 g/mol. The number of hydrogen-bond acceptors (Lipinski definition) is 3. The summed E-state index contributed by atoms with van der Waals surface area (Å²) in [6, 6.07) is 9.04. The van der Waals surface area contributed by atoms with Crippen LogP contribution in [0.1, 0.15) is 18.5 Å². The summed E-state index contributed by atoms with van der Waals surface area (Å²) in [5, 5.41) is 6.56. The van der Waals surface area contributed by atoms with E-state index in [0.717, 1.165) is 4.68 Å². The van der Waals surface area contributed by atoms with Crippen molar-refractivity contribution < 1.29 is 13.6 Å². The molecule has 0 aliphatic rings. The maximum atomic E-state index is 13.2. The van der Waals surface area contributed by atoms with E-state index in [9.17, 15) is 18.4 Å². The van der Waals surface area contributed by atoms with E-state index in [2.05, 4.69) is 10.4 Å². The van der Waals surface area contributed by atoms with E-state index in [0.29, 0.717) is 11.3 Å². The fourth-order valence-electron chi connectivity index (χ4n) is 2.51. The van der Waals surface area contributed by atoms with E-state index >= 15 is 0 Å². The Hall–Kier alpha value is -3.00. The summed E-state index contributed by atoms with van der Waals surface area (Å²) in [7, 11) is 0. The second-order valence-corrected chi connectivity index (χ2v) is 6.29. The zero-order valence-electron chi connectivity index (χ0n) is 14.2. The quantitative estimate of drug-likeness (QED) is 0.726. The van der Waals surface area contributed by atoms with Crippen molar-refractivity contribution in [3.05, 3.63) is 81.5 Å². The number of benzene rings is 2. The molecule has 1 atom stereocenters. The highest BCUT2D eigenvalue weighted by molar-refractivity contribution is 6.30. The minimum absolute atomic E-state index is 0.0390. The third-order valence-corrected chi connectivity index (χ3v) is 4.24. The molecule has 0 unspecified atom stereocenters. The molecule has 2 aromatic carbocycles. The molecule has 1 aromatic heterocycles. The van der Waals surface area contributed by atoms with Crippen LogP contribution in [-0.2, 0) is 11.3 Å². The third-order valence-electron chi connectivity index (χ3n) is 3.95. The van der Waals surface area contributed by atoms with E-state index in [1.54, 1.807) is 6.92 Å². The van der Waals surface area contributed by atoms with E-state index < -0.39 is 29.3 Å². The van der Waals surface area contributed by atoms with Crippen LogP contribution in [0.5, 0.6) is 0 Å². The molecule has 1 N–H and O–H groups in total. The number of carbonyl (C=O) groups excluding carboxylic acids is 1. The van der Waals surface area contributed by atoms with E-state index in [1.165, 1.54) is 53.4 Å². The van der Waals surface area contributed by atoms with Gasteiger partial charge in [0.15, 0.2) is 0 Å². The minimum Gasteiger partial charge on any atom is -0.348 e. The Morgan fingerprint density at radius 3 is 2.59 bits per heavy atom. The fraction of sp³-hybridized carbons (Fsp3) is 0.167. The van der Waals surface area contributed by atoms with Gasteiger partial charge in [-0.3, -0.25) is 4.79 Å². The average Bonchev–Trinajstić information content (AvgIpc) is 2.98. The number of halogens is 3. The molecular weight excluding hydrogens is 378 g/mol. The van der Waals surface area contributed by atoms with Crippen molar-refractivity contribution in [1.82, 2.24) is 19.7 Å². The predicted molar refractivity (Wildman–Crippen MR) is 95.7 cm³/mol. The highest BCUT2D eigenvalue weighted by atomic mass is 35.5. The first-order valence-corrected chi connectivity index (χ1v) is 8.37. The Balaban J connectivity index is 1.70. The molecule has 140 valence electrons. The van der Waals surface area contributed by atoms with Crippen LogP contribution >= 0.6 is 11.6 Å². The molecular formula is C18H15ClF2N4O2. The van der Waals surface area contributed by atoms with Crippen LogP contribution in [0.4, 0.5) is 8.78 Å². The molecule has 6 nitrogen and oxygen atoms in total. The van der Waals surface area contributed by atoms with Gasteiger partial charge in [0.2, 0.25) is 5.91 Å². The molecule has 27 heavy (non-hydrogen) atoms. The number of aromatic nitrogens is 3. The summed E-state index contributed by atoms with van der Waals surface area (Å²) in [5.41, 5.74) is 0.524. The van der Waals surface area contributed by atoms with E-state index in [1.807, 2.05) is 0 Å². The van der Waals surface area contributed by atoms with Crippen molar-refractivity contribution in [2.24, 2.45) is 0 Å². The Morgan fingerprint density at radius 2 is 1.93 bits per heavy atom. The van der Waals surface area contributed by atoms with Crippen LogP contribution in [0.2, 0.25) is 5.02 Å². The van der Waals surface area contributed by atoms with Crippen molar-refractivity contribution in [2.75, 3.05) is 0 Å². The van der Waals surface area contributed by atoms with Gasteiger partial charge in [-0.15, -0.1) is 0 Å². The van der Waals surface area contributed by atoms with Crippen LogP contribution in [0, 0.1) is 11.6 Å². The summed E-state index contributed by atoms with van der Waals surface area (Å²) in [4.78, 5) is 24.6. The van der Waals surface area contributed by atoms with Gasteiger partial charge >= 0.3 is 5.69 Å². The largest absolute Gasteiger partial charge is 0.350 e. The zero-order valence-corrected chi connectivity index (χ0v) is 15.0. The van der Waals surface area contributed by atoms with Crippen molar-refractivity contribution in [2.45, 2.75) is 19.5 Å². The highest BCUT2D eigenvalue weighted by Gasteiger charge is 2.14. The molecule has 0 radical (unpaired) electrons. The predicted octanol–water partition coefficient (Wildman–Crippen LogP) is 2.84. The van der Waals surface area contributed by atoms with Crippen molar-refractivity contribution in [3.8, 4) is 5.69 Å². The van der Waals surface area contributed by atoms with Gasteiger partial charge in [0.05, 0.1) is 16.8 Å². The number of amides is 1. The fourth-order valence-corrected chi connectivity index (χ4v) is 2.70. The van der Waals surface area contributed by atoms with Crippen LogP contribution in [0.25, 0.3) is 5.69 Å². The van der Waals surface area contributed by atoms with E-state index in [4.69, 9.17) is 11.6 Å². The lowest BCUT2D eigenvalue weighted by molar-refractivity contribution is -0.122. The molecule has 0 saturated carbocycles. The normalized spacial score (nSPS) is 12.0. The first kappa shape index (κ1) is 18.8. The Morgan fingerprint density at radius 1 is 1.22 bits per heavy atom. The number of nitrogens with one attached hydrogen (secondary N) is 1. The topological polar surface area (TPSA) is 68.9 Å². The van der Waals surface area contributed by atoms with Crippen LogP contribution in [0.15, 0.2) is 53.6 Å². The minimum atomic E-state index is -0.545. The molecule has 0 bridgehead atoms. The lowest BCUT2D eigenvalue weighted by Gasteiger charge is -2.14. The summed E-state index contributed by atoms with van der Waals surface area (Å²) in [6.07, 6.45) is 1.26. The Kier molecular flexibility index (Phi) is 5.36. The third kappa shape index (κ3) is 4.22. The molecule has 0 spiro atoms. The summed E-state index contributed by atoms with van der Waals surface area (Å²) in [5.74, 6) is -1.42. The van der Waals surface area contributed by atoms with Gasteiger partial charge in [0, 0.05) is 0 Å². The van der Waals surface area contributed by atoms with E-state index in [-0.39, 0.29) is 11.6 Å². The highest BCUT2D eigenvalue weighted by Crippen LogP contribution is 2.20. The smallest absolute Gasteiger partial charge is 0.348 e. The van der Waals surface area contributed by atoms with Gasteiger partial charge in [-0.25, -0.2) is 22.8 Å². The lowest BCUT2D eigenvalue weighted by atomic mass is 10.1. The van der Waals surface area contributed by atoms with Gasteiger partial charge < -0.3 is 5.32 Å². The standard InChI is InChI=1S/C18H15ClF2N4O2/c1-11(12-2-7-16(21)15(19)8-12)23-17(26)9-25-18(27)24(10-22-25)14-5-3-13(20)4-6-14/h2-8,10-11H,9H2,1H3,(H,23,26)/t11-/m0/s1. The Bertz CT molecular complexity index is 1030. The number of nitrogens with zero attached hydrogens (tertiary/aromatic N) is 3. The second kappa shape index (κ2) is 7.71. The molecule has 3 aromatic rings. The number of rotatable bonds is 5. The SMILES string of the molecule is C[C@H](NC(=O)Cn1ncn(-c2ccc(F)cc2)c1=O)c1ccc(F)c(Cl)c1. The number of carbonyl (C=O) groups is 1. The maximum absolute atomic E-state index is 13.2. The summed E-state index contributed by atoms with van der Waals surface area (Å²) >= 11 is 5.75. The van der Waals surface area contributed by atoms with Gasteiger partial charge in [-0.2, -0.15) is 5.10 Å². The summed E-state index contributed by atoms with van der Waals surface area (Å²) < 4.78 is 28.4. The van der Waals surface area contributed by atoms with Gasteiger partial charge in [0.25, 0.3) is 0 Å². The van der Waals surface area contributed by atoms with Crippen LogP contribution in [0.3, 0.4) is 0 Å². The second-order valence-electron chi connectivity index (χ2n) is 5.88. The number of hydrogen-bond donors (Lipinski definition) is 1. The molecule has 1 heterocycles. The monoisotopic (exact) mass is 392 g/mol. The first-order chi connectivity index (χ1) is 12.8. The molecule has 0 aliphatic carbocycles. The van der Waals surface area contributed by atoms with Crippen molar-refractivity contribution >= 4 is 17.5 Å². The van der Waals surface area contributed by atoms with Crippen molar-refractivity contribution in [1.29, 1.82) is 0 Å².